The Labute approximate surface area is 139 Å². The van der Waals surface area contributed by atoms with Crippen LogP contribution in [0.25, 0.3) is 10.9 Å². The molecule has 24 heavy (non-hydrogen) atoms. The van der Waals surface area contributed by atoms with Crippen LogP contribution in [0, 0.1) is 5.41 Å². The van der Waals surface area contributed by atoms with E-state index in [1.54, 1.807) is 29.7 Å². The summed E-state index contributed by atoms with van der Waals surface area (Å²) in [6, 6.07) is 6.98. The number of piperidine rings is 1. The van der Waals surface area contributed by atoms with E-state index in [9.17, 15) is 9.59 Å². The van der Waals surface area contributed by atoms with Crippen LogP contribution in [-0.2, 0) is 4.79 Å². The number of amides is 2. The van der Waals surface area contributed by atoms with Gasteiger partial charge in [0, 0.05) is 22.7 Å². The Morgan fingerprint density at radius 1 is 1.25 bits per heavy atom. The lowest BCUT2D eigenvalue weighted by Crippen LogP contribution is -2.42. The Morgan fingerprint density at radius 3 is 2.71 bits per heavy atom. The van der Waals surface area contributed by atoms with Gasteiger partial charge >= 0.3 is 0 Å². The summed E-state index contributed by atoms with van der Waals surface area (Å²) in [5, 5.41) is 15.7. The van der Waals surface area contributed by atoms with Crippen LogP contribution in [-0.4, -0.2) is 35.1 Å². The Hall–Kier alpha value is -2.51. The minimum atomic E-state index is -0.624. The molecule has 126 valence electrons. The molecule has 0 unspecified atom stereocenters. The SMILES string of the molecule is CC1(C(=O)Nc2ccc3ncc(C(=O)NO)cc3c2)CCNCC1. The van der Waals surface area contributed by atoms with Gasteiger partial charge in [0.2, 0.25) is 5.91 Å². The van der Waals surface area contributed by atoms with E-state index in [0.29, 0.717) is 16.6 Å². The van der Waals surface area contributed by atoms with Crippen molar-refractivity contribution in [1.82, 2.24) is 15.8 Å². The van der Waals surface area contributed by atoms with E-state index in [1.165, 1.54) is 6.20 Å². The van der Waals surface area contributed by atoms with Crippen molar-refractivity contribution < 1.29 is 14.8 Å². The molecule has 0 radical (unpaired) electrons. The Bertz CT molecular complexity index is 784. The number of hydroxylamine groups is 1. The zero-order valence-corrected chi connectivity index (χ0v) is 13.4. The number of carbonyl (C=O) groups excluding carboxylic acids is 2. The van der Waals surface area contributed by atoms with Gasteiger partial charge in [0.15, 0.2) is 0 Å². The topological polar surface area (TPSA) is 103 Å². The van der Waals surface area contributed by atoms with E-state index in [-0.39, 0.29) is 16.9 Å². The highest BCUT2D eigenvalue weighted by molar-refractivity contribution is 5.99. The molecule has 0 aliphatic carbocycles. The van der Waals surface area contributed by atoms with Gasteiger partial charge in [0.05, 0.1) is 11.1 Å². The molecule has 1 aromatic carbocycles. The second kappa shape index (κ2) is 6.54. The molecule has 4 N–H and O–H groups in total. The molecule has 2 aromatic rings. The van der Waals surface area contributed by atoms with Crippen molar-refractivity contribution in [2.45, 2.75) is 19.8 Å². The van der Waals surface area contributed by atoms with Crippen LogP contribution in [0.1, 0.15) is 30.1 Å². The molecule has 3 rings (SSSR count). The van der Waals surface area contributed by atoms with Gasteiger partial charge in [-0.1, -0.05) is 6.92 Å². The maximum atomic E-state index is 12.6. The second-order valence-electron chi connectivity index (χ2n) is 6.34. The van der Waals surface area contributed by atoms with Crippen molar-refractivity contribution in [2.75, 3.05) is 18.4 Å². The number of hydrogen-bond donors (Lipinski definition) is 4. The summed E-state index contributed by atoms with van der Waals surface area (Å²) in [6.45, 7) is 3.66. The summed E-state index contributed by atoms with van der Waals surface area (Å²) < 4.78 is 0. The van der Waals surface area contributed by atoms with Crippen LogP contribution in [0.2, 0.25) is 0 Å². The maximum Gasteiger partial charge on any atom is 0.276 e. The smallest absolute Gasteiger partial charge is 0.276 e. The fourth-order valence-corrected chi connectivity index (χ4v) is 2.89. The highest BCUT2D eigenvalue weighted by Gasteiger charge is 2.34. The summed E-state index contributed by atoms with van der Waals surface area (Å²) >= 11 is 0. The summed E-state index contributed by atoms with van der Waals surface area (Å²) in [4.78, 5) is 28.3. The Morgan fingerprint density at radius 2 is 2.00 bits per heavy atom. The van der Waals surface area contributed by atoms with Gasteiger partial charge in [-0.05, 0) is 50.2 Å². The predicted octanol–water partition coefficient (Wildman–Crippen LogP) is 1.68. The average molecular weight is 328 g/mol. The number of fused-ring (bicyclic) bond motifs is 1. The van der Waals surface area contributed by atoms with E-state index in [0.717, 1.165) is 25.9 Å². The van der Waals surface area contributed by atoms with Gasteiger partial charge in [0.25, 0.3) is 5.91 Å². The monoisotopic (exact) mass is 328 g/mol. The molecule has 1 aliphatic heterocycles. The highest BCUT2D eigenvalue weighted by atomic mass is 16.5. The molecule has 7 heteroatoms. The molecular formula is C17H20N4O3. The normalized spacial score (nSPS) is 16.6. The molecular weight excluding hydrogens is 308 g/mol. The zero-order chi connectivity index (χ0) is 17.2. The molecule has 0 saturated carbocycles. The minimum Gasteiger partial charge on any atom is -0.326 e. The quantitative estimate of drug-likeness (QED) is 0.507. The van der Waals surface area contributed by atoms with Crippen molar-refractivity contribution in [3.63, 3.8) is 0 Å². The van der Waals surface area contributed by atoms with Gasteiger partial charge < -0.3 is 10.6 Å². The third-order valence-electron chi connectivity index (χ3n) is 4.56. The van der Waals surface area contributed by atoms with Crippen LogP contribution in [0.15, 0.2) is 30.5 Å². The molecule has 0 atom stereocenters. The molecule has 7 nitrogen and oxygen atoms in total. The molecule has 1 aromatic heterocycles. The largest absolute Gasteiger partial charge is 0.326 e. The summed E-state index contributed by atoms with van der Waals surface area (Å²) in [5.74, 6) is -0.623. The van der Waals surface area contributed by atoms with Crippen molar-refractivity contribution in [3.05, 3.63) is 36.0 Å². The first-order valence-corrected chi connectivity index (χ1v) is 7.88. The van der Waals surface area contributed by atoms with E-state index in [4.69, 9.17) is 5.21 Å². The maximum absolute atomic E-state index is 12.6. The fraction of sp³-hybridized carbons (Fsp3) is 0.353. The van der Waals surface area contributed by atoms with E-state index in [2.05, 4.69) is 15.6 Å². The fourth-order valence-electron chi connectivity index (χ4n) is 2.89. The molecule has 0 bridgehead atoms. The van der Waals surface area contributed by atoms with E-state index >= 15 is 0 Å². The minimum absolute atomic E-state index is 0.000523. The lowest BCUT2D eigenvalue weighted by molar-refractivity contribution is -0.126. The van der Waals surface area contributed by atoms with Gasteiger partial charge in [-0.25, -0.2) is 5.48 Å². The van der Waals surface area contributed by atoms with Gasteiger partial charge in [-0.3, -0.25) is 19.8 Å². The first-order chi connectivity index (χ1) is 11.5. The summed E-state index contributed by atoms with van der Waals surface area (Å²) in [5.41, 5.74) is 2.82. The third-order valence-corrected chi connectivity index (χ3v) is 4.56. The Kier molecular flexibility index (Phi) is 4.46. The van der Waals surface area contributed by atoms with Crippen LogP contribution in [0.5, 0.6) is 0 Å². The molecule has 2 amide bonds. The van der Waals surface area contributed by atoms with E-state index < -0.39 is 5.91 Å². The molecule has 1 saturated heterocycles. The average Bonchev–Trinajstić information content (AvgIpc) is 2.61. The number of pyridine rings is 1. The van der Waals surface area contributed by atoms with Crippen molar-refractivity contribution in [1.29, 1.82) is 0 Å². The number of carbonyl (C=O) groups is 2. The summed E-state index contributed by atoms with van der Waals surface area (Å²) in [6.07, 6.45) is 2.99. The lowest BCUT2D eigenvalue weighted by Gasteiger charge is -2.32. The number of anilines is 1. The standard InChI is InChI=1S/C17H20N4O3/c1-17(4-6-18-7-5-17)16(23)20-13-2-3-14-11(9-13)8-12(10-19-14)15(22)21-24/h2-3,8-10,18,24H,4-7H2,1H3,(H,20,23)(H,21,22). The number of nitrogens with zero attached hydrogens (tertiary/aromatic N) is 1. The molecule has 1 fully saturated rings. The zero-order valence-electron chi connectivity index (χ0n) is 13.4. The number of hydrogen-bond acceptors (Lipinski definition) is 5. The van der Waals surface area contributed by atoms with Crippen molar-refractivity contribution >= 4 is 28.4 Å². The second-order valence-corrected chi connectivity index (χ2v) is 6.34. The number of nitrogens with one attached hydrogen (secondary N) is 3. The van der Waals surface area contributed by atoms with Crippen LogP contribution < -0.4 is 16.1 Å². The highest BCUT2D eigenvalue weighted by Crippen LogP contribution is 2.30. The molecule has 2 heterocycles. The third kappa shape index (κ3) is 3.22. The van der Waals surface area contributed by atoms with Crippen LogP contribution in [0.4, 0.5) is 5.69 Å². The van der Waals surface area contributed by atoms with Crippen LogP contribution >= 0.6 is 0 Å². The summed E-state index contributed by atoms with van der Waals surface area (Å²) in [7, 11) is 0. The molecule has 0 spiro atoms. The Balaban J connectivity index is 1.84. The van der Waals surface area contributed by atoms with Crippen molar-refractivity contribution in [2.24, 2.45) is 5.41 Å². The van der Waals surface area contributed by atoms with Gasteiger partial charge in [0.1, 0.15) is 0 Å². The molecule has 1 aliphatic rings. The van der Waals surface area contributed by atoms with Gasteiger partial charge in [-0.15, -0.1) is 0 Å². The van der Waals surface area contributed by atoms with Crippen molar-refractivity contribution in [3.8, 4) is 0 Å². The van der Waals surface area contributed by atoms with Gasteiger partial charge in [-0.2, -0.15) is 0 Å². The first-order valence-electron chi connectivity index (χ1n) is 7.88. The first kappa shape index (κ1) is 16.4. The number of benzene rings is 1. The van der Waals surface area contributed by atoms with E-state index in [1.807, 2.05) is 6.92 Å². The number of aromatic nitrogens is 1. The predicted molar refractivity (Wildman–Crippen MR) is 89.8 cm³/mol. The lowest BCUT2D eigenvalue weighted by atomic mass is 9.80. The number of rotatable bonds is 3. The van der Waals surface area contributed by atoms with Crippen LogP contribution in [0.3, 0.4) is 0 Å².